The summed E-state index contributed by atoms with van der Waals surface area (Å²) in [6.45, 7) is 5.97. The van der Waals surface area contributed by atoms with Crippen molar-refractivity contribution in [2.75, 3.05) is 5.32 Å². The first kappa shape index (κ1) is 14.3. The number of anilines is 1. The van der Waals surface area contributed by atoms with E-state index in [4.69, 9.17) is 0 Å². The van der Waals surface area contributed by atoms with E-state index in [0.717, 1.165) is 22.5 Å². The molecule has 0 bridgehead atoms. The smallest absolute Gasteiger partial charge is 0.275 e. The molecule has 22 heavy (non-hydrogen) atoms. The highest BCUT2D eigenvalue weighted by Crippen LogP contribution is 2.17. The minimum Gasteiger partial charge on any atom is -0.305 e. The topological polar surface area (TPSA) is 59.3 Å². The predicted octanol–water partition coefficient (Wildman–Crippen LogP) is 3.16. The Kier molecular flexibility index (Phi) is 3.63. The van der Waals surface area contributed by atoms with E-state index in [-0.39, 0.29) is 5.91 Å². The number of hydrogen-bond acceptors (Lipinski definition) is 3. The van der Waals surface area contributed by atoms with Gasteiger partial charge >= 0.3 is 0 Å². The molecule has 1 amide bonds. The number of imidazole rings is 1. The average Bonchev–Trinajstić information content (AvgIpc) is 2.84. The van der Waals surface area contributed by atoms with Crippen LogP contribution in [0.25, 0.3) is 5.65 Å². The van der Waals surface area contributed by atoms with Crippen molar-refractivity contribution in [3.8, 4) is 0 Å². The van der Waals surface area contributed by atoms with E-state index in [1.54, 1.807) is 6.20 Å². The third kappa shape index (κ3) is 2.57. The van der Waals surface area contributed by atoms with Gasteiger partial charge in [-0.25, -0.2) is 9.97 Å². The summed E-state index contributed by atoms with van der Waals surface area (Å²) in [5.41, 5.74) is 4.32. The Morgan fingerprint density at radius 1 is 1.23 bits per heavy atom. The molecule has 0 saturated heterocycles. The Hall–Kier alpha value is -2.69. The zero-order valence-electron chi connectivity index (χ0n) is 12.9. The van der Waals surface area contributed by atoms with E-state index in [9.17, 15) is 4.79 Å². The van der Waals surface area contributed by atoms with Crippen LogP contribution in [-0.4, -0.2) is 20.3 Å². The lowest BCUT2D eigenvalue weighted by molar-refractivity contribution is 0.102. The van der Waals surface area contributed by atoms with E-state index in [2.05, 4.69) is 15.3 Å². The van der Waals surface area contributed by atoms with E-state index >= 15 is 0 Å². The molecule has 1 N–H and O–H groups in total. The Balaban J connectivity index is 2.03. The van der Waals surface area contributed by atoms with E-state index in [0.29, 0.717) is 17.9 Å². The fourth-order valence-electron chi connectivity index (χ4n) is 2.46. The van der Waals surface area contributed by atoms with E-state index in [1.807, 2.05) is 55.6 Å². The van der Waals surface area contributed by atoms with Crippen molar-refractivity contribution in [3.05, 3.63) is 59.2 Å². The normalized spacial score (nSPS) is 10.9. The van der Waals surface area contributed by atoms with Crippen LogP contribution < -0.4 is 5.32 Å². The molecular formula is C17H18N4O. The molecule has 5 nitrogen and oxygen atoms in total. The first-order valence-corrected chi connectivity index (χ1v) is 7.30. The van der Waals surface area contributed by atoms with Gasteiger partial charge in [-0.05, 0) is 55.7 Å². The van der Waals surface area contributed by atoms with E-state index < -0.39 is 0 Å². The number of aromatic nitrogens is 3. The zero-order chi connectivity index (χ0) is 15.7. The van der Waals surface area contributed by atoms with Gasteiger partial charge in [0.2, 0.25) is 0 Å². The highest BCUT2D eigenvalue weighted by molar-refractivity contribution is 6.04. The van der Waals surface area contributed by atoms with Crippen molar-refractivity contribution in [3.63, 3.8) is 0 Å². The maximum Gasteiger partial charge on any atom is 0.275 e. The summed E-state index contributed by atoms with van der Waals surface area (Å²) in [7, 11) is 0. The van der Waals surface area contributed by atoms with Gasteiger partial charge in [0.1, 0.15) is 17.2 Å². The largest absolute Gasteiger partial charge is 0.305 e. The highest BCUT2D eigenvalue weighted by Gasteiger charge is 2.18. The van der Waals surface area contributed by atoms with Gasteiger partial charge in [0.15, 0.2) is 0 Å². The van der Waals surface area contributed by atoms with Gasteiger partial charge in [0.25, 0.3) is 5.91 Å². The van der Waals surface area contributed by atoms with Crippen molar-refractivity contribution in [2.45, 2.75) is 27.2 Å². The molecule has 3 rings (SSSR count). The van der Waals surface area contributed by atoms with Crippen molar-refractivity contribution in [1.29, 1.82) is 0 Å². The zero-order valence-corrected chi connectivity index (χ0v) is 12.9. The minimum absolute atomic E-state index is 0.189. The molecule has 0 unspecified atom stereocenters. The Morgan fingerprint density at radius 3 is 2.73 bits per heavy atom. The summed E-state index contributed by atoms with van der Waals surface area (Å²) in [5, 5.41) is 2.86. The van der Waals surface area contributed by atoms with Crippen molar-refractivity contribution < 1.29 is 4.79 Å². The molecule has 0 radical (unpaired) electrons. The lowest BCUT2D eigenvalue weighted by Crippen LogP contribution is -2.17. The number of pyridine rings is 2. The van der Waals surface area contributed by atoms with Crippen LogP contribution in [0.5, 0.6) is 0 Å². The quantitative estimate of drug-likeness (QED) is 0.807. The van der Waals surface area contributed by atoms with Crippen LogP contribution in [0.3, 0.4) is 0 Å². The molecule has 0 spiro atoms. The number of hydrogen-bond donors (Lipinski definition) is 1. The summed E-state index contributed by atoms with van der Waals surface area (Å²) >= 11 is 0. The third-order valence-electron chi connectivity index (χ3n) is 3.56. The number of amides is 1. The Bertz CT molecular complexity index is 851. The molecule has 5 heteroatoms. The van der Waals surface area contributed by atoms with Gasteiger partial charge in [-0.3, -0.25) is 9.20 Å². The number of nitrogens with one attached hydrogen (secondary N) is 1. The number of nitrogens with zero attached hydrogens (tertiary/aromatic N) is 3. The van der Waals surface area contributed by atoms with Gasteiger partial charge in [0, 0.05) is 12.4 Å². The molecule has 0 aliphatic heterocycles. The maximum atomic E-state index is 12.7. The SMILES string of the molecule is CCc1nc2cc(C)ccn2c1C(=O)Nc1cc(C)ccn1. The minimum atomic E-state index is -0.189. The number of fused-ring (bicyclic) bond motifs is 1. The first-order chi connectivity index (χ1) is 10.6. The summed E-state index contributed by atoms with van der Waals surface area (Å²) in [4.78, 5) is 21.4. The van der Waals surface area contributed by atoms with E-state index in [1.165, 1.54) is 0 Å². The lowest BCUT2D eigenvalue weighted by atomic mass is 10.2. The van der Waals surface area contributed by atoms with Crippen LogP contribution in [0.15, 0.2) is 36.7 Å². The van der Waals surface area contributed by atoms with Gasteiger partial charge in [-0.2, -0.15) is 0 Å². The number of aryl methyl sites for hydroxylation is 3. The van der Waals surface area contributed by atoms with Crippen LogP contribution in [0, 0.1) is 13.8 Å². The summed E-state index contributed by atoms with van der Waals surface area (Å²) in [5.74, 6) is 0.361. The molecule has 3 heterocycles. The molecule has 0 aliphatic carbocycles. The van der Waals surface area contributed by atoms with Crippen LogP contribution in [0.4, 0.5) is 5.82 Å². The molecule has 0 saturated carbocycles. The van der Waals surface area contributed by atoms with Crippen LogP contribution in [0.1, 0.15) is 34.2 Å². The molecule has 0 fully saturated rings. The fraction of sp³-hybridized carbons (Fsp3) is 0.235. The second kappa shape index (κ2) is 5.60. The second-order valence-electron chi connectivity index (χ2n) is 5.37. The summed E-state index contributed by atoms with van der Waals surface area (Å²) in [6.07, 6.45) is 4.27. The van der Waals surface area contributed by atoms with Crippen LogP contribution in [-0.2, 0) is 6.42 Å². The van der Waals surface area contributed by atoms with Gasteiger partial charge < -0.3 is 5.32 Å². The lowest BCUT2D eigenvalue weighted by Gasteiger charge is -2.06. The number of rotatable bonds is 3. The van der Waals surface area contributed by atoms with Crippen molar-refractivity contribution in [1.82, 2.24) is 14.4 Å². The predicted molar refractivity (Wildman–Crippen MR) is 86.2 cm³/mol. The van der Waals surface area contributed by atoms with Gasteiger partial charge in [-0.1, -0.05) is 6.92 Å². The highest BCUT2D eigenvalue weighted by atomic mass is 16.2. The molecule has 0 aromatic carbocycles. The van der Waals surface area contributed by atoms with Crippen molar-refractivity contribution in [2.24, 2.45) is 0 Å². The van der Waals surface area contributed by atoms with Gasteiger partial charge in [0.05, 0.1) is 5.69 Å². The molecule has 0 atom stereocenters. The summed E-state index contributed by atoms with van der Waals surface area (Å²) in [6, 6.07) is 7.68. The van der Waals surface area contributed by atoms with Gasteiger partial charge in [-0.15, -0.1) is 0 Å². The molecular weight excluding hydrogens is 276 g/mol. The first-order valence-electron chi connectivity index (χ1n) is 7.30. The molecule has 0 aliphatic rings. The molecule has 3 aromatic heterocycles. The monoisotopic (exact) mass is 294 g/mol. The summed E-state index contributed by atoms with van der Waals surface area (Å²) < 4.78 is 1.83. The number of carbonyl (C=O) groups excluding carboxylic acids is 1. The second-order valence-corrected chi connectivity index (χ2v) is 5.37. The Morgan fingerprint density at radius 2 is 2.00 bits per heavy atom. The average molecular weight is 294 g/mol. The molecule has 112 valence electrons. The van der Waals surface area contributed by atoms with Crippen molar-refractivity contribution >= 4 is 17.4 Å². The molecule has 3 aromatic rings. The Labute approximate surface area is 129 Å². The fourth-order valence-corrected chi connectivity index (χ4v) is 2.46. The van der Waals surface area contributed by atoms with Crippen LogP contribution in [0.2, 0.25) is 0 Å². The maximum absolute atomic E-state index is 12.7. The standard InChI is InChI=1S/C17H18N4O/c1-4-13-16(21-8-6-12(3)10-15(21)19-13)17(22)20-14-9-11(2)5-7-18-14/h5-10H,4H2,1-3H3,(H,18,20,22). The number of carbonyl (C=O) groups is 1. The van der Waals surface area contributed by atoms with Crippen LogP contribution >= 0.6 is 0 Å². The third-order valence-corrected chi connectivity index (χ3v) is 3.56.